The Balaban J connectivity index is 3.12. The monoisotopic (exact) mass is 209 g/mol. The Hall–Kier alpha value is -1.42. The van der Waals surface area contributed by atoms with Gasteiger partial charge in [0, 0.05) is 5.69 Å². The van der Waals surface area contributed by atoms with E-state index in [1.165, 1.54) is 0 Å². The summed E-state index contributed by atoms with van der Waals surface area (Å²) in [5.74, 6) is -0.391. The van der Waals surface area contributed by atoms with Crippen molar-refractivity contribution < 1.29 is 14.6 Å². The second-order valence-electron chi connectivity index (χ2n) is 3.24. The van der Waals surface area contributed by atoms with Gasteiger partial charge in [0.15, 0.2) is 0 Å². The van der Waals surface area contributed by atoms with Crippen molar-refractivity contribution in [3.63, 3.8) is 0 Å². The summed E-state index contributed by atoms with van der Waals surface area (Å²) >= 11 is 0. The maximum Gasteiger partial charge on any atom is 0.339 e. The Morgan fingerprint density at radius 3 is 2.67 bits per heavy atom. The first-order valence-electron chi connectivity index (χ1n) is 4.85. The van der Waals surface area contributed by atoms with Crippen molar-refractivity contribution in [3.05, 3.63) is 28.6 Å². The van der Waals surface area contributed by atoms with Crippen molar-refractivity contribution in [2.75, 3.05) is 6.61 Å². The third kappa shape index (κ3) is 2.53. The quantitative estimate of drug-likeness (QED) is 0.764. The predicted octanol–water partition coefficient (Wildman–Crippen LogP) is 1.37. The summed E-state index contributed by atoms with van der Waals surface area (Å²) in [6.45, 7) is 5.52. The molecule has 4 heteroatoms. The highest BCUT2D eigenvalue weighted by molar-refractivity contribution is 5.90. The fourth-order valence-corrected chi connectivity index (χ4v) is 1.34. The molecule has 1 N–H and O–H groups in total. The molecular weight excluding hydrogens is 194 g/mol. The van der Waals surface area contributed by atoms with Gasteiger partial charge in [-0.05, 0) is 32.4 Å². The van der Waals surface area contributed by atoms with Gasteiger partial charge >= 0.3 is 5.97 Å². The number of aryl methyl sites for hydroxylation is 2. The van der Waals surface area contributed by atoms with E-state index < -0.39 is 5.97 Å². The molecule has 0 fully saturated rings. The molecule has 0 aromatic carbocycles. The van der Waals surface area contributed by atoms with Crippen molar-refractivity contribution in [3.8, 4) is 0 Å². The van der Waals surface area contributed by atoms with Crippen molar-refractivity contribution in [2.45, 2.75) is 27.4 Å². The average molecular weight is 209 g/mol. The van der Waals surface area contributed by atoms with Crippen LogP contribution in [0.4, 0.5) is 0 Å². The maximum atomic E-state index is 11.5. The first-order valence-corrected chi connectivity index (χ1v) is 4.85. The van der Waals surface area contributed by atoms with E-state index in [4.69, 9.17) is 9.84 Å². The average Bonchev–Trinajstić information content (AvgIpc) is 2.18. The Morgan fingerprint density at radius 1 is 1.47 bits per heavy atom. The Morgan fingerprint density at radius 2 is 2.13 bits per heavy atom. The van der Waals surface area contributed by atoms with E-state index in [0.29, 0.717) is 23.4 Å². The zero-order valence-corrected chi connectivity index (χ0v) is 9.20. The number of carbonyl (C=O) groups excluding carboxylic acids is 1. The smallest absolute Gasteiger partial charge is 0.339 e. The molecule has 82 valence electrons. The number of esters is 1. The number of hydrogen-bond acceptors (Lipinski definition) is 4. The largest absolute Gasteiger partial charge is 0.462 e. The number of aromatic nitrogens is 1. The van der Waals surface area contributed by atoms with Crippen LogP contribution in [-0.2, 0) is 11.3 Å². The predicted molar refractivity (Wildman–Crippen MR) is 55.6 cm³/mol. The van der Waals surface area contributed by atoms with Crippen LogP contribution < -0.4 is 0 Å². The van der Waals surface area contributed by atoms with Gasteiger partial charge in [-0.1, -0.05) is 0 Å². The van der Waals surface area contributed by atoms with Gasteiger partial charge in [-0.3, -0.25) is 4.98 Å². The van der Waals surface area contributed by atoms with Crippen LogP contribution in [0.1, 0.15) is 34.2 Å². The fraction of sp³-hybridized carbons (Fsp3) is 0.455. The SMILES string of the molecule is CCOC(=O)c1cc(CO)c(C)nc1C. The Bertz CT molecular complexity index is 374. The fourth-order valence-electron chi connectivity index (χ4n) is 1.34. The van der Waals surface area contributed by atoms with Crippen LogP contribution in [0, 0.1) is 13.8 Å². The van der Waals surface area contributed by atoms with E-state index in [-0.39, 0.29) is 6.61 Å². The van der Waals surface area contributed by atoms with Crippen LogP contribution in [0.2, 0.25) is 0 Å². The lowest BCUT2D eigenvalue weighted by atomic mass is 10.1. The van der Waals surface area contributed by atoms with Crippen LogP contribution in [0.3, 0.4) is 0 Å². The van der Waals surface area contributed by atoms with Crippen LogP contribution in [0.15, 0.2) is 6.07 Å². The molecule has 0 amide bonds. The lowest BCUT2D eigenvalue weighted by molar-refractivity contribution is 0.0524. The molecule has 1 rings (SSSR count). The molecular formula is C11H15NO3. The topological polar surface area (TPSA) is 59.4 Å². The summed E-state index contributed by atoms with van der Waals surface area (Å²) in [6.07, 6.45) is 0. The minimum Gasteiger partial charge on any atom is -0.462 e. The molecule has 0 aliphatic rings. The normalized spacial score (nSPS) is 10.1. The van der Waals surface area contributed by atoms with E-state index in [2.05, 4.69) is 4.98 Å². The molecule has 0 aliphatic carbocycles. The number of aliphatic hydroxyl groups excluding tert-OH is 1. The second-order valence-corrected chi connectivity index (χ2v) is 3.24. The number of nitrogens with zero attached hydrogens (tertiary/aromatic N) is 1. The number of carbonyl (C=O) groups is 1. The summed E-state index contributed by atoms with van der Waals surface area (Å²) in [7, 11) is 0. The van der Waals surface area contributed by atoms with Gasteiger partial charge in [-0.2, -0.15) is 0 Å². The number of ether oxygens (including phenoxy) is 1. The second kappa shape index (κ2) is 4.89. The first-order chi connectivity index (χ1) is 7.10. The summed E-state index contributed by atoms with van der Waals surface area (Å²) in [4.78, 5) is 15.7. The molecule has 15 heavy (non-hydrogen) atoms. The molecule has 0 spiro atoms. The summed E-state index contributed by atoms with van der Waals surface area (Å²) in [6, 6.07) is 1.63. The molecule has 1 aromatic rings. The van der Waals surface area contributed by atoms with E-state index in [0.717, 1.165) is 5.69 Å². The van der Waals surface area contributed by atoms with Crippen LogP contribution in [0.5, 0.6) is 0 Å². The minimum absolute atomic E-state index is 0.120. The van der Waals surface area contributed by atoms with Crippen LogP contribution in [-0.4, -0.2) is 22.7 Å². The molecule has 0 bridgehead atoms. The summed E-state index contributed by atoms with van der Waals surface area (Å²) in [5, 5.41) is 9.05. The summed E-state index contributed by atoms with van der Waals surface area (Å²) < 4.78 is 4.89. The van der Waals surface area contributed by atoms with Gasteiger partial charge in [0.2, 0.25) is 0 Å². The number of pyridine rings is 1. The maximum absolute atomic E-state index is 11.5. The van der Waals surface area contributed by atoms with E-state index in [9.17, 15) is 4.79 Å². The minimum atomic E-state index is -0.391. The summed E-state index contributed by atoms with van der Waals surface area (Å²) in [5.41, 5.74) is 2.45. The molecule has 4 nitrogen and oxygen atoms in total. The standard InChI is InChI=1S/C11H15NO3/c1-4-15-11(14)10-5-9(6-13)7(2)12-8(10)3/h5,13H,4,6H2,1-3H3. The van der Waals surface area contributed by atoms with Gasteiger partial charge in [-0.15, -0.1) is 0 Å². The van der Waals surface area contributed by atoms with Gasteiger partial charge in [0.05, 0.1) is 24.5 Å². The third-order valence-corrected chi connectivity index (χ3v) is 2.17. The molecule has 1 heterocycles. The van der Waals surface area contributed by atoms with Crippen molar-refractivity contribution >= 4 is 5.97 Å². The van der Waals surface area contributed by atoms with Gasteiger partial charge in [0.25, 0.3) is 0 Å². The highest BCUT2D eigenvalue weighted by atomic mass is 16.5. The molecule has 0 atom stereocenters. The number of rotatable bonds is 3. The van der Waals surface area contributed by atoms with E-state index in [1.54, 1.807) is 26.8 Å². The molecule has 0 radical (unpaired) electrons. The van der Waals surface area contributed by atoms with Crippen molar-refractivity contribution in [1.82, 2.24) is 4.98 Å². The number of hydrogen-bond donors (Lipinski definition) is 1. The Labute approximate surface area is 88.9 Å². The van der Waals surface area contributed by atoms with Crippen LogP contribution in [0.25, 0.3) is 0 Å². The van der Waals surface area contributed by atoms with Gasteiger partial charge < -0.3 is 9.84 Å². The molecule has 0 aliphatic heterocycles. The zero-order chi connectivity index (χ0) is 11.4. The zero-order valence-electron chi connectivity index (χ0n) is 9.20. The molecule has 0 unspecified atom stereocenters. The van der Waals surface area contributed by atoms with Crippen molar-refractivity contribution in [2.24, 2.45) is 0 Å². The van der Waals surface area contributed by atoms with Gasteiger partial charge in [0.1, 0.15) is 0 Å². The molecule has 1 aromatic heterocycles. The van der Waals surface area contributed by atoms with Gasteiger partial charge in [-0.25, -0.2) is 4.79 Å². The lowest BCUT2D eigenvalue weighted by Gasteiger charge is -2.08. The van der Waals surface area contributed by atoms with E-state index in [1.807, 2.05) is 0 Å². The Kier molecular flexibility index (Phi) is 3.80. The molecule has 0 saturated carbocycles. The highest BCUT2D eigenvalue weighted by Crippen LogP contribution is 2.13. The molecule has 0 saturated heterocycles. The van der Waals surface area contributed by atoms with Crippen LogP contribution >= 0.6 is 0 Å². The first kappa shape index (κ1) is 11.7. The van der Waals surface area contributed by atoms with E-state index >= 15 is 0 Å². The number of aliphatic hydroxyl groups is 1. The highest BCUT2D eigenvalue weighted by Gasteiger charge is 2.13. The van der Waals surface area contributed by atoms with Crippen molar-refractivity contribution in [1.29, 1.82) is 0 Å². The lowest BCUT2D eigenvalue weighted by Crippen LogP contribution is -2.10. The third-order valence-electron chi connectivity index (χ3n) is 2.17.